The van der Waals surface area contributed by atoms with Gasteiger partial charge in [0.1, 0.15) is 6.26 Å². The number of aromatic nitrogens is 1. The van der Waals surface area contributed by atoms with Gasteiger partial charge >= 0.3 is 5.97 Å². The van der Waals surface area contributed by atoms with Gasteiger partial charge in [-0.25, -0.2) is 4.98 Å². The maximum atomic E-state index is 12.5. The number of carbonyl (C=O) groups is 2. The van der Waals surface area contributed by atoms with Crippen LogP contribution in [-0.2, 0) is 4.79 Å². The first kappa shape index (κ1) is 14.9. The summed E-state index contributed by atoms with van der Waals surface area (Å²) in [5.41, 5.74) is 0.973. The van der Waals surface area contributed by atoms with Crippen molar-refractivity contribution in [2.24, 2.45) is 17.8 Å². The molecule has 0 saturated heterocycles. The Balaban J connectivity index is 1.51. The van der Waals surface area contributed by atoms with Crippen LogP contribution in [0.15, 0.2) is 41.0 Å². The summed E-state index contributed by atoms with van der Waals surface area (Å²) in [5, 5.41) is 12.3. The molecule has 6 nitrogen and oxygen atoms in total. The molecule has 0 spiro atoms. The van der Waals surface area contributed by atoms with E-state index >= 15 is 0 Å². The number of aliphatic carboxylic acids is 1. The monoisotopic (exact) mass is 326 g/mol. The topological polar surface area (TPSA) is 92.4 Å². The Morgan fingerprint density at radius 3 is 2.67 bits per heavy atom. The number of carbonyl (C=O) groups excluding carboxylic acids is 1. The number of hydrogen-bond donors (Lipinski definition) is 2. The number of carboxylic acids is 1. The summed E-state index contributed by atoms with van der Waals surface area (Å²) in [7, 11) is 0. The lowest BCUT2D eigenvalue weighted by Gasteiger charge is -2.28. The highest BCUT2D eigenvalue weighted by Crippen LogP contribution is 2.48. The van der Waals surface area contributed by atoms with Gasteiger partial charge in [-0.2, -0.15) is 0 Å². The van der Waals surface area contributed by atoms with Crippen LogP contribution in [0, 0.1) is 17.8 Å². The van der Waals surface area contributed by atoms with E-state index in [-0.39, 0.29) is 29.5 Å². The third kappa shape index (κ3) is 2.48. The molecule has 1 aromatic heterocycles. The van der Waals surface area contributed by atoms with Gasteiger partial charge in [-0.3, -0.25) is 9.59 Å². The number of benzene rings is 1. The van der Waals surface area contributed by atoms with Crippen molar-refractivity contribution in [3.63, 3.8) is 0 Å². The number of nitrogens with one attached hydrogen (secondary N) is 1. The van der Waals surface area contributed by atoms with Crippen LogP contribution in [0.3, 0.4) is 0 Å². The number of rotatable bonds is 4. The van der Waals surface area contributed by atoms with Gasteiger partial charge in [-0.15, -0.1) is 0 Å². The van der Waals surface area contributed by atoms with Gasteiger partial charge < -0.3 is 14.8 Å². The predicted octanol–water partition coefficient (Wildman–Crippen LogP) is 2.57. The second kappa shape index (κ2) is 5.78. The molecule has 1 amide bonds. The molecule has 0 aliphatic heterocycles. The summed E-state index contributed by atoms with van der Waals surface area (Å²) in [6, 6.07) is 9.01. The fraction of sp³-hybridized carbons (Fsp3) is 0.389. The van der Waals surface area contributed by atoms with Crippen molar-refractivity contribution in [3.8, 4) is 11.5 Å². The van der Waals surface area contributed by atoms with E-state index in [9.17, 15) is 14.7 Å². The van der Waals surface area contributed by atoms with E-state index in [0.29, 0.717) is 5.89 Å². The lowest BCUT2D eigenvalue weighted by Crippen LogP contribution is -2.46. The van der Waals surface area contributed by atoms with Crippen LogP contribution in [0.25, 0.3) is 11.5 Å². The van der Waals surface area contributed by atoms with Crippen molar-refractivity contribution in [3.05, 3.63) is 42.3 Å². The zero-order chi connectivity index (χ0) is 16.7. The Labute approximate surface area is 138 Å². The van der Waals surface area contributed by atoms with Crippen LogP contribution in [0.5, 0.6) is 0 Å². The molecule has 2 bridgehead atoms. The molecular weight excluding hydrogens is 308 g/mol. The van der Waals surface area contributed by atoms with Crippen molar-refractivity contribution in [1.29, 1.82) is 0 Å². The maximum Gasteiger partial charge on any atom is 0.308 e. The summed E-state index contributed by atoms with van der Waals surface area (Å²) >= 11 is 0. The molecule has 1 heterocycles. The average molecular weight is 326 g/mol. The molecule has 4 atom stereocenters. The molecule has 2 saturated carbocycles. The van der Waals surface area contributed by atoms with Gasteiger partial charge in [0.2, 0.25) is 5.89 Å². The number of carboxylic acid groups (broad SMARTS) is 1. The Morgan fingerprint density at radius 2 is 1.92 bits per heavy atom. The Morgan fingerprint density at radius 1 is 1.17 bits per heavy atom. The van der Waals surface area contributed by atoms with Crippen LogP contribution >= 0.6 is 0 Å². The van der Waals surface area contributed by atoms with Gasteiger partial charge in [0.15, 0.2) is 5.69 Å². The van der Waals surface area contributed by atoms with Gasteiger partial charge in [0.05, 0.1) is 5.92 Å². The van der Waals surface area contributed by atoms with Crippen LogP contribution < -0.4 is 5.32 Å². The summed E-state index contributed by atoms with van der Waals surface area (Å²) in [4.78, 5) is 28.2. The number of oxazole rings is 1. The van der Waals surface area contributed by atoms with Gasteiger partial charge in [-0.05, 0) is 43.2 Å². The lowest BCUT2D eigenvalue weighted by molar-refractivity contribution is -0.144. The molecule has 1 aromatic carbocycles. The molecule has 124 valence electrons. The molecule has 6 heteroatoms. The Kier molecular flexibility index (Phi) is 3.59. The zero-order valence-electron chi connectivity index (χ0n) is 13.0. The molecule has 2 aliphatic carbocycles. The zero-order valence-corrected chi connectivity index (χ0v) is 13.0. The molecule has 0 radical (unpaired) electrons. The normalized spacial score (nSPS) is 28.0. The molecule has 2 aromatic rings. The van der Waals surface area contributed by atoms with Crippen LogP contribution in [-0.4, -0.2) is 28.0 Å². The standard InChI is InChI=1S/C18H18N2O4/c21-16(13-9-24-17(19-13)10-4-2-1-3-5-10)20-15-12-7-6-11(8-12)14(15)18(22)23/h1-5,9,11-12,14-15H,6-8H2,(H,20,21)(H,22,23)/t11-,12-,14-,15-/m0/s1. The number of fused-ring (bicyclic) bond motifs is 2. The number of nitrogens with zero attached hydrogens (tertiary/aromatic N) is 1. The summed E-state index contributed by atoms with van der Waals surface area (Å²) in [6.07, 6.45) is 4.13. The van der Waals surface area contributed by atoms with Gasteiger partial charge in [0.25, 0.3) is 5.91 Å². The molecule has 2 aliphatic rings. The van der Waals surface area contributed by atoms with E-state index < -0.39 is 11.9 Å². The summed E-state index contributed by atoms with van der Waals surface area (Å²) in [5.74, 6) is -0.880. The molecule has 2 fully saturated rings. The SMILES string of the molecule is O=C(N[C@H]1[C@H]2CC[C@@H](C2)[C@@H]1C(=O)O)c1coc(-c2ccccc2)n1. The van der Waals surface area contributed by atoms with E-state index in [1.807, 2.05) is 30.3 Å². The van der Waals surface area contributed by atoms with Crippen LogP contribution in [0.2, 0.25) is 0 Å². The van der Waals surface area contributed by atoms with Gasteiger partial charge in [-0.1, -0.05) is 18.2 Å². The summed E-state index contributed by atoms with van der Waals surface area (Å²) < 4.78 is 5.38. The largest absolute Gasteiger partial charge is 0.481 e. The first-order valence-electron chi connectivity index (χ1n) is 8.18. The fourth-order valence-corrected chi connectivity index (χ4v) is 4.17. The summed E-state index contributed by atoms with van der Waals surface area (Å²) in [6.45, 7) is 0. The molecule has 24 heavy (non-hydrogen) atoms. The minimum atomic E-state index is -0.822. The highest BCUT2D eigenvalue weighted by molar-refractivity contribution is 5.93. The van der Waals surface area contributed by atoms with Crippen LogP contribution in [0.4, 0.5) is 0 Å². The van der Waals surface area contributed by atoms with E-state index in [1.165, 1.54) is 6.26 Å². The molecule has 2 N–H and O–H groups in total. The Hall–Kier alpha value is -2.63. The van der Waals surface area contributed by atoms with E-state index in [1.54, 1.807) is 0 Å². The number of hydrogen-bond acceptors (Lipinski definition) is 4. The lowest BCUT2D eigenvalue weighted by atomic mass is 9.84. The quantitative estimate of drug-likeness (QED) is 0.901. The molecule has 4 rings (SSSR count). The van der Waals surface area contributed by atoms with E-state index in [0.717, 1.165) is 24.8 Å². The third-order valence-electron chi connectivity index (χ3n) is 5.26. The molecular formula is C18H18N2O4. The first-order chi connectivity index (χ1) is 11.6. The second-order valence-corrected chi connectivity index (χ2v) is 6.60. The molecule has 0 unspecified atom stereocenters. The highest BCUT2D eigenvalue weighted by Gasteiger charge is 2.51. The van der Waals surface area contributed by atoms with Crippen molar-refractivity contribution >= 4 is 11.9 Å². The first-order valence-corrected chi connectivity index (χ1v) is 8.18. The minimum absolute atomic E-state index is 0.176. The van der Waals surface area contributed by atoms with Gasteiger partial charge in [0, 0.05) is 11.6 Å². The van der Waals surface area contributed by atoms with Crippen molar-refractivity contribution in [1.82, 2.24) is 10.3 Å². The van der Waals surface area contributed by atoms with E-state index in [4.69, 9.17) is 4.42 Å². The Bertz CT molecular complexity index is 770. The van der Waals surface area contributed by atoms with Crippen molar-refractivity contribution < 1.29 is 19.1 Å². The fourth-order valence-electron chi connectivity index (χ4n) is 4.17. The predicted molar refractivity (Wildman–Crippen MR) is 85.2 cm³/mol. The minimum Gasteiger partial charge on any atom is -0.481 e. The average Bonchev–Trinajstić information content (AvgIpc) is 3.31. The van der Waals surface area contributed by atoms with E-state index in [2.05, 4.69) is 10.3 Å². The van der Waals surface area contributed by atoms with Crippen molar-refractivity contribution in [2.45, 2.75) is 25.3 Å². The van der Waals surface area contributed by atoms with Crippen LogP contribution in [0.1, 0.15) is 29.8 Å². The van der Waals surface area contributed by atoms with Crippen molar-refractivity contribution in [2.75, 3.05) is 0 Å². The number of amides is 1. The highest BCUT2D eigenvalue weighted by atomic mass is 16.4. The third-order valence-corrected chi connectivity index (χ3v) is 5.26. The second-order valence-electron chi connectivity index (χ2n) is 6.60. The maximum absolute atomic E-state index is 12.5. The smallest absolute Gasteiger partial charge is 0.308 e.